The molecular formula is C18H23N3O3S. The molecule has 6 nitrogen and oxygen atoms in total. The van der Waals surface area contributed by atoms with E-state index in [4.69, 9.17) is 9.47 Å². The minimum atomic E-state index is -0.118. The number of nitrogens with one attached hydrogen (secondary N) is 1. The number of hydrogen-bond donors (Lipinski definition) is 1. The van der Waals surface area contributed by atoms with Crippen molar-refractivity contribution in [2.45, 2.75) is 20.4 Å². The summed E-state index contributed by atoms with van der Waals surface area (Å²) in [6.45, 7) is 8.55. The number of rotatable bonds is 6. The van der Waals surface area contributed by atoms with Crippen LogP contribution in [0.5, 0.6) is 5.75 Å². The van der Waals surface area contributed by atoms with Crippen molar-refractivity contribution in [1.29, 1.82) is 0 Å². The van der Waals surface area contributed by atoms with Crippen molar-refractivity contribution in [2.24, 2.45) is 0 Å². The SMILES string of the molecule is CCOc1ccc(NC(=O)c2sc(CN3CCOCC3)nc2C)cc1. The van der Waals surface area contributed by atoms with Crippen LogP contribution in [0.1, 0.15) is 27.3 Å². The first kappa shape index (κ1) is 17.8. The molecule has 1 amide bonds. The molecule has 134 valence electrons. The maximum Gasteiger partial charge on any atom is 0.267 e. The highest BCUT2D eigenvalue weighted by atomic mass is 32.1. The highest BCUT2D eigenvalue weighted by Gasteiger charge is 2.18. The van der Waals surface area contributed by atoms with Gasteiger partial charge in [0.25, 0.3) is 5.91 Å². The van der Waals surface area contributed by atoms with E-state index in [9.17, 15) is 4.79 Å². The molecule has 1 aliphatic rings. The molecule has 1 aromatic carbocycles. The zero-order valence-electron chi connectivity index (χ0n) is 14.6. The third-order valence-corrected chi connectivity index (χ3v) is 5.07. The standard InChI is InChI=1S/C18H23N3O3S/c1-3-24-15-6-4-14(5-7-15)20-18(22)17-13(2)19-16(25-17)12-21-8-10-23-11-9-21/h4-7H,3,8-12H2,1-2H3,(H,20,22). The number of carbonyl (C=O) groups excluding carboxylic acids is 1. The summed E-state index contributed by atoms with van der Waals surface area (Å²) in [5.74, 6) is 0.676. The predicted molar refractivity (Wildman–Crippen MR) is 98.5 cm³/mol. The van der Waals surface area contributed by atoms with Crippen LogP contribution in [0, 0.1) is 6.92 Å². The van der Waals surface area contributed by atoms with E-state index in [1.807, 2.05) is 38.1 Å². The zero-order chi connectivity index (χ0) is 17.6. The van der Waals surface area contributed by atoms with Gasteiger partial charge in [-0.15, -0.1) is 11.3 Å². The molecule has 0 saturated carbocycles. The number of morpholine rings is 1. The molecule has 0 radical (unpaired) electrons. The highest BCUT2D eigenvalue weighted by Crippen LogP contribution is 2.22. The molecule has 0 atom stereocenters. The van der Waals surface area contributed by atoms with Crippen molar-refractivity contribution < 1.29 is 14.3 Å². The Labute approximate surface area is 151 Å². The van der Waals surface area contributed by atoms with Crippen molar-refractivity contribution in [3.63, 3.8) is 0 Å². The van der Waals surface area contributed by atoms with Crippen LogP contribution >= 0.6 is 11.3 Å². The molecular weight excluding hydrogens is 338 g/mol. The largest absolute Gasteiger partial charge is 0.494 e. The molecule has 25 heavy (non-hydrogen) atoms. The quantitative estimate of drug-likeness (QED) is 0.857. The molecule has 7 heteroatoms. The smallest absolute Gasteiger partial charge is 0.267 e. The van der Waals surface area contributed by atoms with E-state index in [1.165, 1.54) is 11.3 Å². The number of benzene rings is 1. The average molecular weight is 361 g/mol. The minimum absolute atomic E-state index is 0.118. The van der Waals surface area contributed by atoms with E-state index in [-0.39, 0.29) is 5.91 Å². The molecule has 1 aromatic heterocycles. The Kier molecular flexibility index (Phi) is 6.01. The summed E-state index contributed by atoms with van der Waals surface area (Å²) in [7, 11) is 0. The number of carbonyl (C=O) groups is 1. The fraction of sp³-hybridized carbons (Fsp3) is 0.444. The topological polar surface area (TPSA) is 63.7 Å². The molecule has 2 heterocycles. The van der Waals surface area contributed by atoms with Crippen LogP contribution in [0.4, 0.5) is 5.69 Å². The first-order valence-corrected chi connectivity index (χ1v) is 9.28. The summed E-state index contributed by atoms with van der Waals surface area (Å²) in [5.41, 5.74) is 1.52. The van der Waals surface area contributed by atoms with E-state index >= 15 is 0 Å². The van der Waals surface area contributed by atoms with Gasteiger partial charge in [0.05, 0.1) is 32.1 Å². The molecule has 0 aliphatic carbocycles. The summed E-state index contributed by atoms with van der Waals surface area (Å²) >= 11 is 1.46. The molecule has 1 N–H and O–H groups in total. The lowest BCUT2D eigenvalue weighted by molar-refractivity contribution is 0.0341. The number of amides is 1. The maximum atomic E-state index is 12.5. The molecule has 3 rings (SSSR count). The van der Waals surface area contributed by atoms with Crippen molar-refractivity contribution in [3.05, 3.63) is 39.8 Å². The number of anilines is 1. The molecule has 1 saturated heterocycles. The third kappa shape index (κ3) is 4.78. The summed E-state index contributed by atoms with van der Waals surface area (Å²) in [6.07, 6.45) is 0. The fourth-order valence-corrected chi connectivity index (χ4v) is 3.67. The normalized spacial score (nSPS) is 15.1. The van der Waals surface area contributed by atoms with Crippen LogP contribution in [0.3, 0.4) is 0 Å². The van der Waals surface area contributed by atoms with Gasteiger partial charge in [0, 0.05) is 18.8 Å². The van der Waals surface area contributed by atoms with Gasteiger partial charge >= 0.3 is 0 Å². The average Bonchev–Trinajstić information content (AvgIpc) is 2.98. The van der Waals surface area contributed by atoms with Crippen molar-refractivity contribution in [1.82, 2.24) is 9.88 Å². The van der Waals surface area contributed by atoms with Gasteiger partial charge < -0.3 is 14.8 Å². The minimum Gasteiger partial charge on any atom is -0.494 e. The number of aromatic nitrogens is 1. The van der Waals surface area contributed by atoms with E-state index in [0.717, 1.165) is 55.0 Å². The second-order valence-corrected chi connectivity index (χ2v) is 6.91. The van der Waals surface area contributed by atoms with Gasteiger partial charge in [-0.1, -0.05) is 0 Å². The molecule has 0 spiro atoms. The number of thiazole rings is 1. The summed E-state index contributed by atoms with van der Waals surface area (Å²) in [6, 6.07) is 7.38. The summed E-state index contributed by atoms with van der Waals surface area (Å²) in [5, 5.41) is 3.90. The van der Waals surface area contributed by atoms with Crippen molar-refractivity contribution in [2.75, 3.05) is 38.2 Å². The lowest BCUT2D eigenvalue weighted by atomic mass is 10.3. The van der Waals surface area contributed by atoms with Crippen LogP contribution in [-0.4, -0.2) is 48.7 Å². The maximum absolute atomic E-state index is 12.5. The Morgan fingerprint density at radius 3 is 2.72 bits per heavy atom. The van der Waals surface area contributed by atoms with Gasteiger partial charge in [-0.3, -0.25) is 9.69 Å². The Balaban J connectivity index is 1.63. The van der Waals surface area contributed by atoms with Crippen LogP contribution < -0.4 is 10.1 Å². The van der Waals surface area contributed by atoms with Gasteiger partial charge in [0.2, 0.25) is 0 Å². The Hall–Kier alpha value is -1.96. The van der Waals surface area contributed by atoms with Gasteiger partial charge in [-0.2, -0.15) is 0 Å². The Morgan fingerprint density at radius 2 is 2.04 bits per heavy atom. The highest BCUT2D eigenvalue weighted by molar-refractivity contribution is 7.13. The van der Waals surface area contributed by atoms with Crippen molar-refractivity contribution >= 4 is 22.9 Å². The van der Waals surface area contributed by atoms with Gasteiger partial charge in [-0.25, -0.2) is 4.98 Å². The lowest BCUT2D eigenvalue weighted by Gasteiger charge is -2.25. The molecule has 1 aliphatic heterocycles. The van der Waals surface area contributed by atoms with Gasteiger partial charge in [0.15, 0.2) is 0 Å². The first-order chi connectivity index (χ1) is 12.2. The lowest BCUT2D eigenvalue weighted by Crippen LogP contribution is -2.35. The summed E-state index contributed by atoms with van der Waals surface area (Å²) < 4.78 is 10.8. The predicted octanol–water partition coefficient (Wildman–Crippen LogP) is 2.93. The van der Waals surface area contributed by atoms with Crippen molar-refractivity contribution in [3.8, 4) is 5.75 Å². The number of hydrogen-bond acceptors (Lipinski definition) is 6. The van der Waals surface area contributed by atoms with E-state index in [2.05, 4.69) is 15.2 Å². The van der Waals surface area contributed by atoms with Crippen LogP contribution in [0.25, 0.3) is 0 Å². The van der Waals surface area contributed by atoms with Crippen LogP contribution in [0.15, 0.2) is 24.3 Å². The van der Waals surface area contributed by atoms with E-state index in [1.54, 1.807) is 0 Å². The number of nitrogens with zero attached hydrogens (tertiary/aromatic N) is 2. The molecule has 1 fully saturated rings. The van der Waals surface area contributed by atoms with Gasteiger partial charge in [0.1, 0.15) is 15.6 Å². The third-order valence-electron chi connectivity index (χ3n) is 3.93. The number of aryl methyl sites for hydroxylation is 1. The zero-order valence-corrected chi connectivity index (χ0v) is 15.4. The fourth-order valence-electron chi connectivity index (χ4n) is 2.67. The monoisotopic (exact) mass is 361 g/mol. The molecule has 0 unspecified atom stereocenters. The van der Waals surface area contributed by atoms with Crippen LogP contribution in [-0.2, 0) is 11.3 Å². The summed E-state index contributed by atoms with van der Waals surface area (Å²) in [4.78, 5) is 20.1. The van der Waals surface area contributed by atoms with E-state index < -0.39 is 0 Å². The first-order valence-electron chi connectivity index (χ1n) is 8.46. The van der Waals surface area contributed by atoms with Gasteiger partial charge in [-0.05, 0) is 38.1 Å². The van der Waals surface area contributed by atoms with E-state index in [0.29, 0.717) is 11.5 Å². The van der Waals surface area contributed by atoms with Crippen LogP contribution in [0.2, 0.25) is 0 Å². The second kappa shape index (κ2) is 8.42. The Morgan fingerprint density at radius 1 is 1.32 bits per heavy atom. The second-order valence-electron chi connectivity index (χ2n) is 5.82. The number of ether oxygens (including phenoxy) is 2. The molecule has 0 bridgehead atoms. The Bertz CT molecular complexity index is 709. The molecule has 2 aromatic rings.